The first-order valence-electron chi connectivity index (χ1n) is 6.85. The van der Waals surface area contributed by atoms with Crippen molar-refractivity contribution >= 4 is 5.97 Å². The second-order valence-electron chi connectivity index (χ2n) is 5.32. The molecule has 0 spiro atoms. The van der Waals surface area contributed by atoms with Crippen LogP contribution in [-0.2, 0) is 9.53 Å². The lowest BCUT2D eigenvalue weighted by Crippen LogP contribution is -2.42. The second kappa shape index (κ2) is 6.32. The summed E-state index contributed by atoms with van der Waals surface area (Å²) in [5.41, 5.74) is 0.702. The Morgan fingerprint density at radius 3 is 2.81 bits per heavy atom. The Morgan fingerprint density at radius 2 is 2.19 bits per heavy atom. The number of aliphatic carboxylic acids is 1. The van der Waals surface area contributed by atoms with Crippen LogP contribution < -0.4 is 4.74 Å². The van der Waals surface area contributed by atoms with Crippen LogP contribution in [0.15, 0.2) is 18.2 Å². The number of benzene rings is 1. The van der Waals surface area contributed by atoms with Crippen molar-refractivity contribution in [2.24, 2.45) is 5.92 Å². The Balaban J connectivity index is 2.22. The maximum Gasteiger partial charge on any atom is 0.310 e. The number of methoxy groups -OCH3 is 1. The molecule has 6 nitrogen and oxygen atoms in total. The SMILES string of the molecule is COc1ccc(O)c(C(C)N(C)C2COCC2C(=O)O)c1. The number of phenols is 1. The van der Waals surface area contributed by atoms with Crippen LogP contribution in [0.5, 0.6) is 11.5 Å². The van der Waals surface area contributed by atoms with E-state index in [0.717, 1.165) is 0 Å². The summed E-state index contributed by atoms with van der Waals surface area (Å²) >= 11 is 0. The van der Waals surface area contributed by atoms with Gasteiger partial charge in [0.15, 0.2) is 0 Å². The molecule has 2 rings (SSSR count). The first-order chi connectivity index (χ1) is 9.95. The molecule has 0 radical (unpaired) electrons. The summed E-state index contributed by atoms with van der Waals surface area (Å²) in [7, 11) is 3.41. The van der Waals surface area contributed by atoms with E-state index in [1.165, 1.54) is 0 Å². The van der Waals surface area contributed by atoms with Gasteiger partial charge in [-0.3, -0.25) is 9.69 Å². The van der Waals surface area contributed by atoms with E-state index in [0.29, 0.717) is 17.9 Å². The number of likely N-dealkylation sites (N-methyl/N-ethyl adjacent to an activating group) is 1. The lowest BCUT2D eigenvalue weighted by atomic mass is 9.98. The van der Waals surface area contributed by atoms with Crippen LogP contribution >= 0.6 is 0 Å². The first kappa shape index (κ1) is 15.6. The van der Waals surface area contributed by atoms with Crippen molar-refractivity contribution < 1.29 is 24.5 Å². The molecule has 1 fully saturated rings. The van der Waals surface area contributed by atoms with E-state index in [-0.39, 0.29) is 24.4 Å². The highest BCUT2D eigenvalue weighted by Gasteiger charge is 2.38. The van der Waals surface area contributed by atoms with Crippen LogP contribution in [0.1, 0.15) is 18.5 Å². The summed E-state index contributed by atoms with van der Waals surface area (Å²) in [6, 6.07) is 4.65. The number of hydrogen-bond acceptors (Lipinski definition) is 5. The number of aromatic hydroxyl groups is 1. The summed E-state index contributed by atoms with van der Waals surface area (Å²) in [6.07, 6.45) is 0. The molecule has 1 aromatic rings. The Labute approximate surface area is 123 Å². The van der Waals surface area contributed by atoms with E-state index in [2.05, 4.69) is 0 Å². The standard InChI is InChI=1S/C15H21NO5/c1-9(11-6-10(20-3)4-5-14(11)17)16(2)13-8-21-7-12(13)15(18)19/h4-6,9,12-13,17H,7-8H2,1-3H3,(H,18,19). The van der Waals surface area contributed by atoms with Gasteiger partial charge >= 0.3 is 5.97 Å². The van der Waals surface area contributed by atoms with Gasteiger partial charge in [0.1, 0.15) is 11.5 Å². The number of carbonyl (C=O) groups is 1. The number of carboxylic acids is 1. The first-order valence-corrected chi connectivity index (χ1v) is 6.85. The molecule has 116 valence electrons. The molecule has 0 amide bonds. The fourth-order valence-corrected chi connectivity index (χ4v) is 2.68. The van der Waals surface area contributed by atoms with E-state index in [1.54, 1.807) is 25.3 Å². The Hall–Kier alpha value is -1.79. The van der Waals surface area contributed by atoms with Crippen molar-refractivity contribution in [3.63, 3.8) is 0 Å². The monoisotopic (exact) mass is 295 g/mol. The molecule has 0 aromatic heterocycles. The maximum absolute atomic E-state index is 11.3. The normalized spacial score (nSPS) is 23.2. The van der Waals surface area contributed by atoms with Crippen molar-refractivity contribution in [3.8, 4) is 11.5 Å². The van der Waals surface area contributed by atoms with Crippen LogP contribution in [-0.4, -0.2) is 54.5 Å². The van der Waals surface area contributed by atoms with Crippen LogP contribution in [0.2, 0.25) is 0 Å². The predicted molar refractivity (Wildman–Crippen MR) is 76.6 cm³/mol. The third kappa shape index (κ3) is 3.11. The second-order valence-corrected chi connectivity index (χ2v) is 5.32. The van der Waals surface area contributed by atoms with Crippen LogP contribution in [0.25, 0.3) is 0 Å². The smallest absolute Gasteiger partial charge is 0.310 e. The molecular formula is C15H21NO5. The molecular weight excluding hydrogens is 274 g/mol. The molecule has 2 N–H and O–H groups in total. The molecule has 0 aliphatic carbocycles. The van der Waals surface area contributed by atoms with Crippen molar-refractivity contribution in [3.05, 3.63) is 23.8 Å². The minimum absolute atomic E-state index is 0.159. The molecule has 0 saturated carbocycles. The maximum atomic E-state index is 11.3. The van der Waals surface area contributed by atoms with Gasteiger partial charge in [-0.05, 0) is 32.2 Å². The van der Waals surface area contributed by atoms with Gasteiger partial charge in [-0.1, -0.05) is 0 Å². The number of hydrogen-bond donors (Lipinski definition) is 2. The quantitative estimate of drug-likeness (QED) is 0.857. The zero-order chi connectivity index (χ0) is 15.6. The molecule has 0 bridgehead atoms. The molecule has 1 saturated heterocycles. The largest absolute Gasteiger partial charge is 0.508 e. The summed E-state index contributed by atoms with van der Waals surface area (Å²) in [6.45, 7) is 2.52. The minimum Gasteiger partial charge on any atom is -0.508 e. The zero-order valence-corrected chi connectivity index (χ0v) is 12.4. The van der Waals surface area contributed by atoms with E-state index >= 15 is 0 Å². The average Bonchev–Trinajstić information content (AvgIpc) is 2.96. The number of rotatable bonds is 5. The van der Waals surface area contributed by atoms with E-state index in [1.807, 2.05) is 18.9 Å². The molecule has 3 atom stereocenters. The molecule has 1 aromatic carbocycles. The molecule has 21 heavy (non-hydrogen) atoms. The number of phenolic OH excluding ortho intramolecular Hbond substituents is 1. The fourth-order valence-electron chi connectivity index (χ4n) is 2.68. The summed E-state index contributed by atoms with van der Waals surface area (Å²) in [5.74, 6) is -0.585. The zero-order valence-electron chi connectivity index (χ0n) is 12.4. The van der Waals surface area contributed by atoms with Crippen molar-refractivity contribution in [1.82, 2.24) is 4.90 Å². The van der Waals surface area contributed by atoms with Gasteiger partial charge < -0.3 is 19.7 Å². The van der Waals surface area contributed by atoms with E-state index in [9.17, 15) is 15.0 Å². The minimum atomic E-state index is -0.855. The van der Waals surface area contributed by atoms with Crippen LogP contribution in [0.3, 0.4) is 0 Å². The van der Waals surface area contributed by atoms with Crippen molar-refractivity contribution in [2.45, 2.75) is 19.0 Å². The summed E-state index contributed by atoms with van der Waals surface area (Å²) in [5, 5.41) is 19.3. The fraction of sp³-hybridized carbons (Fsp3) is 0.533. The summed E-state index contributed by atoms with van der Waals surface area (Å²) < 4.78 is 10.5. The Kier molecular flexibility index (Phi) is 4.69. The van der Waals surface area contributed by atoms with Crippen LogP contribution in [0, 0.1) is 5.92 Å². The number of ether oxygens (including phenoxy) is 2. The number of carboxylic acid groups (broad SMARTS) is 1. The van der Waals surface area contributed by atoms with E-state index in [4.69, 9.17) is 9.47 Å². The predicted octanol–water partition coefficient (Wildman–Crippen LogP) is 1.49. The van der Waals surface area contributed by atoms with Crippen LogP contribution in [0.4, 0.5) is 0 Å². The lowest BCUT2D eigenvalue weighted by Gasteiger charge is -2.32. The van der Waals surface area contributed by atoms with Gasteiger partial charge in [0.2, 0.25) is 0 Å². The number of nitrogens with zero attached hydrogens (tertiary/aromatic N) is 1. The Morgan fingerprint density at radius 1 is 1.48 bits per heavy atom. The third-order valence-electron chi connectivity index (χ3n) is 4.19. The van der Waals surface area contributed by atoms with Gasteiger partial charge in [0.05, 0.1) is 26.2 Å². The highest BCUT2D eigenvalue weighted by atomic mass is 16.5. The molecule has 1 aliphatic rings. The topological polar surface area (TPSA) is 79.2 Å². The van der Waals surface area contributed by atoms with E-state index < -0.39 is 11.9 Å². The highest BCUT2D eigenvalue weighted by molar-refractivity contribution is 5.71. The van der Waals surface area contributed by atoms with Gasteiger partial charge in [0, 0.05) is 17.6 Å². The van der Waals surface area contributed by atoms with Gasteiger partial charge in [0.25, 0.3) is 0 Å². The van der Waals surface area contributed by atoms with Gasteiger partial charge in [-0.25, -0.2) is 0 Å². The highest BCUT2D eigenvalue weighted by Crippen LogP contribution is 2.34. The van der Waals surface area contributed by atoms with Crippen molar-refractivity contribution in [1.29, 1.82) is 0 Å². The summed E-state index contributed by atoms with van der Waals surface area (Å²) in [4.78, 5) is 13.2. The lowest BCUT2D eigenvalue weighted by molar-refractivity contribution is -0.143. The molecule has 3 unspecified atom stereocenters. The third-order valence-corrected chi connectivity index (χ3v) is 4.19. The molecule has 1 aliphatic heterocycles. The van der Waals surface area contributed by atoms with Gasteiger partial charge in [-0.2, -0.15) is 0 Å². The average molecular weight is 295 g/mol. The Bertz CT molecular complexity index is 519. The molecule has 6 heteroatoms. The molecule has 1 heterocycles. The van der Waals surface area contributed by atoms with Crippen molar-refractivity contribution in [2.75, 3.05) is 27.4 Å². The van der Waals surface area contributed by atoms with Gasteiger partial charge in [-0.15, -0.1) is 0 Å².